The topological polar surface area (TPSA) is 78.5 Å². The smallest absolute Gasteiger partial charge is 0.338 e. The number of aryl methyl sites for hydroxylation is 1. The van der Waals surface area contributed by atoms with Crippen LogP contribution in [0.5, 0.6) is 0 Å². The summed E-state index contributed by atoms with van der Waals surface area (Å²) in [5.74, 6) is -0.490. The highest BCUT2D eigenvalue weighted by atomic mass is 32.1. The second kappa shape index (κ2) is 7.63. The number of benzene rings is 1. The van der Waals surface area contributed by atoms with Crippen LogP contribution < -0.4 is 14.9 Å². The predicted molar refractivity (Wildman–Crippen MR) is 110 cm³/mol. The number of rotatable bonds is 4. The largest absolute Gasteiger partial charge is 0.466 e. The summed E-state index contributed by atoms with van der Waals surface area (Å²) in [7, 11) is 1.33. The summed E-state index contributed by atoms with van der Waals surface area (Å²) in [4.78, 5) is 30.9. The number of hydrogen-bond acceptors (Lipinski definition) is 6. The highest BCUT2D eigenvalue weighted by Crippen LogP contribution is 2.30. The van der Waals surface area contributed by atoms with Crippen molar-refractivity contribution in [3.8, 4) is 0 Å². The monoisotopic (exact) mass is 408 g/mol. The molecule has 0 N–H and O–H groups in total. The molecule has 0 fully saturated rings. The Bertz CT molecular complexity index is 1280. The summed E-state index contributed by atoms with van der Waals surface area (Å²) in [6.07, 6.45) is 3.63. The maximum absolute atomic E-state index is 13.3. The minimum atomic E-state index is -0.588. The van der Waals surface area contributed by atoms with Gasteiger partial charge in [-0.3, -0.25) is 14.0 Å². The van der Waals surface area contributed by atoms with Crippen molar-refractivity contribution in [3.63, 3.8) is 0 Å². The molecule has 7 nitrogen and oxygen atoms in total. The van der Waals surface area contributed by atoms with E-state index >= 15 is 0 Å². The van der Waals surface area contributed by atoms with Crippen molar-refractivity contribution in [2.45, 2.75) is 26.4 Å². The van der Waals surface area contributed by atoms with Crippen molar-refractivity contribution < 1.29 is 9.53 Å². The lowest BCUT2D eigenvalue weighted by Gasteiger charge is -2.24. The Balaban J connectivity index is 1.95. The van der Waals surface area contributed by atoms with Gasteiger partial charge in [-0.05, 0) is 31.6 Å². The Hall–Kier alpha value is -3.26. The SMILES string of the molecule is CCn1ccc(/C=c2/sc3n(c2=O)[C@@H](c2ccccc2)C(C(=O)OC)=C(C)N=3)n1. The molecule has 29 heavy (non-hydrogen) atoms. The average Bonchev–Trinajstić information content (AvgIpc) is 3.31. The third kappa shape index (κ3) is 3.36. The zero-order valence-electron chi connectivity index (χ0n) is 16.3. The van der Waals surface area contributed by atoms with Crippen LogP contribution in [0.15, 0.2) is 63.7 Å². The fraction of sp³-hybridized carbons (Fsp3) is 0.238. The summed E-state index contributed by atoms with van der Waals surface area (Å²) in [5, 5.41) is 4.42. The third-order valence-electron chi connectivity index (χ3n) is 4.81. The number of carbonyl (C=O) groups excluding carboxylic acids is 1. The number of fused-ring (bicyclic) bond motifs is 1. The van der Waals surface area contributed by atoms with Crippen LogP contribution in [0.2, 0.25) is 0 Å². The van der Waals surface area contributed by atoms with Gasteiger partial charge >= 0.3 is 5.97 Å². The van der Waals surface area contributed by atoms with Gasteiger partial charge in [-0.15, -0.1) is 0 Å². The lowest BCUT2D eigenvalue weighted by atomic mass is 9.96. The van der Waals surface area contributed by atoms with Crippen molar-refractivity contribution in [1.29, 1.82) is 0 Å². The fourth-order valence-corrected chi connectivity index (χ4v) is 4.44. The second-order valence-corrected chi connectivity index (χ2v) is 7.59. The molecular formula is C21H20N4O3S. The Kier molecular flexibility index (Phi) is 5.02. The fourth-order valence-electron chi connectivity index (χ4n) is 3.41. The molecule has 2 aromatic heterocycles. The molecule has 1 aliphatic heterocycles. The molecule has 0 amide bonds. The van der Waals surface area contributed by atoms with Crippen molar-refractivity contribution in [2.75, 3.05) is 7.11 Å². The van der Waals surface area contributed by atoms with E-state index in [0.29, 0.717) is 26.3 Å². The van der Waals surface area contributed by atoms with Crippen LogP contribution in [0, 0.1) is 0 Å². The molecule has 0 saturated heterocycles. The summed E-state index contributed by atoms with van der Waals surface area (Å²) < 4.78 is 8.89. The zero-order valence-corrected chi connectivity index (χ0v) is 17.1. The molecule has 0 radical (unpaired) electrons. The van der Waals surface area contributed by atoms with E-state index in [1.165, 1.54) is 18.4 Å². The summed E-state index contributed by atoms with van der Waals surface area (Å²) in [5.41, 5.74) is 2.24. The molecule has 0 unspecified atom stereocenters. The third-order valence-corrected chi connectivity index (χ3v) is 5.79. The van der Waals surface area contributed by atoms with Gasteiger partial charge in [0, 0.05) is 12.7 Å². The van der Waals surface area contributed by atoms with E-state index in [4.69, 9.17) is 4.74 Å². The molecule has 0 bridgehead atoms. The molecular weight excluding hydrogens is 388 g/mol. The van der Waals surface area contributed by atoms with E-state index in [1.54, 1.807) is 22.2 Å². The van der Waals surface area contributed by atoms with Gasteiger partial charge in [0.2, 0.25) is 0 Å². The number of allylic oxidation sites excluding steroid dienone is 1. The van der Waals surface area contributed by atoms with Gasteiger partial charge in [0.25, 0.3) is 5.56 Å². The quantitative estimate of drug-likeness (QED) is 0.615. The van der Waals surface area contributed by atoms with E-state index < -0.39 is 12.0 Å². The molecule has 0 saturated carbocycles. The van der Waals surface area contributed by atoms with Crippen LogP contribution >= 0.6 is 11.3 Å². The summed E-state index contributed by atoms with van der Waals surface area (Å²) >= 11 is 1.29. The number of hydrogen-bond donors (Lipinski definition) is 0. The van der Waals surface area contributed by atoms with Gasteiger partial charge in [-0.1, -0.05) is 41.7 Å². The number of aromatic nitrogens is 3. The predicted octanol–water partition coefficient (Wildman–Crippen LogP) is 1.62. The summed E-state index contributed by atoms with van der Waals surface area (Å²) in [6.45, 7) is 4.52. The van der Waals surface area contributed by atoms with Gasteiger partial charge in [0.05, 0.1) is 34.6 Å². The molecule has 1 aromatic carbocycles. The minimum absolute atomic E-state index is 0.206. The highest BCUT2D eigenvalue weighted by molar-refractivity contribution is 7.07. The zero-order chi connectivity index (χ0) is 20.5. The first-order valence-electron chi connectivity index (χ1n) is 9.22. The van der Waals surface area contributed by atoms with E-state index in [9.17, 15) is 9.59 Å². The highest BCUT2D eigenvalue weighted by Gasteiger charge is 2.32. The normalized spacial score (nSPS) is 16.5. The standard InChI is InChI=1S/C21H20N4O3S/c1-4-24-11-10-15(23-24)12-16-19(26)25-18(14-8-6-5-7-9-14)17(20(27)28-3)13(2)22-21(25)29-16/h5-12,18H,4H2,1-3H3/b16-12+/t18-/m0/s1. The maximum atomic E-state index is 13.3. The van der Waals surface area contributed by atoms with E-state index in [2.05, 4.69) is 10.1 Å². The lowest BCUT2D eigenvalue weighted by Crippen LogP contribution is -2.39. The molecule has 0 spiro atoms. The minimum Gasteiger partial charge on any atom is -0.466 e. The molecule has 4 rings (SSSR count). The first kappa shape index (κ1) is 19.1. The second-order valence-electron chi connectivity index (χ2n) is 6.58. The van der Waals surface area contributed by atoms with Crippen molar-refractivity contribution >= 4 is 23.4 Å². The van der Waals surface area contributed by atoms with Crippen LogP contribution in [-0.4, -0.2) is 27.4 Å². The molecule has 3 heterocycles. The Morgan fingerprint density at radius 1 is 1.28 bits per heavy atom. The van der Waals surface area contributed by atoms with E-state index in [1.807, 2.05) is 49.5 Å². The molecule has 8 heteroatoms. The molecule has 1 aliphatic rings. The van der Waals surface area contributed by atoms with Crippen molar-refractivity contribution in [3.05, 3.63) is 84.8 Å². The van der Waals surface area contributed by atoms with E-state index in [-0.39, 0.29) is 5.56 Å². The van der Waals surface area contributed by atoms with Crippen LogP contribution in [0.4, 0.5) is 0 Å². The van der Waals surface area contributed by atoms with Crippen LogP contribution in [0.3, 0.4) is 0 Å². The van der Waals surface area contributed by atoms with Gasteiger partial charge < -0.3 is 4.74 Å². The molecule has 1 atom stereocenters. The molecule has 3 aromatic rings. The first-order chi connectivity index (χ1) is 14.0. The van der Waals surface area contributed by atoms with Crippen LogP contribution in [0.25, 0.3) is 6.08 Å². The van der Waals surface area contributed by atoms with Gasteiger partial charge in [-0.2, -0.15) is 5.10 Å². The number of thiazole rings is 1. The van der Waals surface area contributed by atoms with Gasteiger partial charge in [0.1, 0.15) is 0 Å². The van der Waals surface area contributed by atoms with Crippen LogP contribution in [-0.2, 0) is 16.1 Å². The molecule has 148 valence electrons. The van der Waals surface area contributed by atoms with Gasteiger partial charge in [-0.25, -0.2) is 9.79 Å². The van der Waals surface area contributed by atoms with Crippen LogP contribution in [0.1, 0.15) is 31.1 Å². The lowest BCUT2D eigenvalue weighted by molar-refractivity contribution is -0.136. The summed E-state index contributed by atoms with van der Waals surface area (Å²) in [6, 6.07) is 10.7. The number of ether oxygens (including phenoxy) is 1. The van der Waals surface area contributed by atoms with Crippen molar-refractivity contribution in [2.24, 2.45) is 4.99 Å². The number of methoxy groups -OCH3 is 1. The first-order valence-corrected chi connectivity index (χ1v) is 10.0. The maximum Gasteiger partial charge on any atom is 0.338 e. The average molecular weight is 408 g/mol. The Labute approximate surface area is 170 Å². The number of esters is 1. The number of nitrogens with zero attached hydrogens (tertiary/aromatic N) is 4. The van der Waals surface area contributed by atoms with Crippen molar-refractivity contribution in [1.82, 2.24) is 14.3 Å². The number of carbonyl (C=O) groups is 1. The Morgan fingerprint density at radius 3 is 2.69 bits per heavy atom. The molecule has 0 aliphatic carbocycles. The van der Waals surface area contributed by atoms with E-state index in [0.717, 1.165) is 12.1 Å². The Morgan fingerprint density at radius 2 is 2.03 bits per heavy atom. The van der Waals surface area contributed by atoms with Gasteiger partial charge in [0.15, 0.2) is 4.80 Å².